The molecule has 3 aromatic rings. The Balaban J connectivity index is 1.84. The molecule has 0 radical (unpaired) electrons. The molecule has 0 bridgehead atoms. The third kappa shape index (κ3) is 4.84. The Kier molecular flexibility index (Phi) is 6.19. The first-order valence-corrected chi connectivity index (χ1v) is 9.26. The van der Waals surface area contributed by atoms with E-state index in [0.29, 0.717) is 12.0 Å². The predicted octanol–water partition coefficient (Wildman–Crippen LogP) is 5.41. The summed E-state index contributed by atoms with van der Waals surface area (Å²) in [4.78, 5) is 16.8. The summed E-state index contributed by atoms with van der Waals surface area (Å²) in [7, 11) is 0. The van der Waals surface area contributed by atoms with E-state index in [1.54, 1.807) is 0 Å². The number of carbonyl (C=O) groups excluding carboxylic acids is 1. The fourth-order valence-corrected chi connectivity index (χ4v) is 2.82. The summed E-state index contributed by atoms with van der Waals surface area (Å²) in [6.45, 7) is 3.79. The molecule has 0 aliphatic carbocycles. The zero-order valence-electron chi connectivity index (χ0n) is 16.2. The van der Waals surface area contributed by atoms with Crippen molar-refractivity contribution in [2.45, 2.75) is 32.5 Å². The molecule has 1 N–H and O–H groups in total. The van der Waals surface area contributed by atoms with E-state index in [-0.39, 0.29) is 23.2 Å². The number of amides is 1. The van der Waals surface area contributed by atoms with E-state index in [9.17, 15) is 22.4 Å². The van der Waals surface area contributed by atoms with Crippen molar-refractivity contribution in [1.29, 1.82) is 0 Å². The molecule has 0 saturated heterocycles. The standard InChI is InChI=1S/C21H19F4N3O2/c1-3-12(2)17(26-19(29)14-5-4-6-16(22)11-14)20-27-18(28-30-20)13-7-9-15(10-8-13)21(23,24)25/h4-12,17H,3H2,1-2H3,(H,26,29)/t12-,17-/m0/s1. The smallest absolute Gasteiger partial charge is 0.340 e. The van der Waals surface area contributed by atoms with E-state index in [1.165, 1.54) is 30.3 Å². The molecule has 30 heavy (non-hydrogen) atoms. The van der Waals surface area contributed by atoms with Crippen LogP contribution in [0.5, 0.6) is 0 Å². The molecule has 0 aliphatic rings. The van der Waals surface area contributed by atoms with Crippen LogP contribution >= 0.6 is 0 Å². The minimum atomic E-state index is -4.44. The first-order valence-electron chi connectivity index (χ1n) is 9.26. The molecular weight excluding hydrogens is 402 g/mol. The van der Waals surface area contributed by atoms with Crippen molar-refractivity contribution >= 4 is 5.91 Å². The van der Waals surface area contributed by atoms with Gasteiger partial charge in [-0.3, -0.25) is 4.79 Å². The molecule has 0 spiro atoms. The Hall–Kier alpha value is -3.23. The Bertz CT molecular complexity index is 1020. The maximum atomic E-state index is 13.4. The second-order valence-corrected chi connectivity index (χ2v) is 6.88. The number of nitrogens with one attached hydrogen (secondary N) is 1. The molecule has 0 unspecified atom stereocenters. The molecular formula is C21H19F4N3O2. The zero-order chi connectivity index (χ0) is 21.9. The normalized spacial score (nSPS) is 13.7. The second-order valence-electron chi connectivity index (χ2n) is 6.88. The van der Waals surface area contributed by atoms with Crippen LogP contribution in [-0.2, 0) is 6.18 Å². The fourth-order valence-electron chi connectivity index (χ4n) is 2.82. The number of carbonyl (C=O) groups is 1. The SMILES string of the molecule is CC[C@H](C)[C@H](NC(=O)c1cccc(F)c1)c1nc(-c2ccc(C(F)(F)F)cc2)no1. The van der Waals surface area contributed by atoms with E-state index >= 15 is 0 Å². The van der Waals surface area contributed by atoms with Crippen molar-refractivity contribution in [1.82, 2.24) is 15.5 Å². The van der Waals surface area contributed by atoms with Crippen LogP contribution in [0, 0.1) is 11.7 Å². The summed E-state index contributed by atoms with van der Waals surface area (Å²) in [6.07, 6.45) is -3.77. The van der Waals surface area contributed by atoms with Crippen LogP contribution in [-0.4, -0.2) is 16.0 Å². The van der Waals surface area contributed by atoms with Crippen molar-refractivity contribution in [3.8, 4) is 11.4 Å². The second kappa shape index (κ2) is 8.64. The summed E-state index contributed by atoms with van der Waals surface area (Å²) in [5.41, 5.74) is -0.294. The van der Waals surface area contributed by atoms with Crippen LogP contribution in [0.15, 0.2) is 53.1 Å². The Morgan fingerprint density at radius 2 is 1.87 bits per heavy atom. The van der Waals surface area contributed by atoms with Gasteiger partial charge in [0.05, 0.1) is 5.56 Å². The molecule has 1 aromatic heterocycles. The Morgan fingerprint density at radius 3 is 2.47 bits per heavy atom. The highest BCUT2D eigenvalue weighted by molar-refractivity contribution is 5.94. The van der Waals surface area contributed by atoms with E-state index in [0.717, 1.165) is 18.2 Å². The van der Waals surface area contributed by atoms with Crippen molar-refractivity contribution in [2.75, 3.05) is 0 Å². The molecule has 1 heterocycles. The topological polar surface area (TPSA) is 68.0 Å². The van der Waals surface area contributed by atoms with Crippen molar-refractivity contribution < 1.29 is 26.9 Å². The Morgan fingerprint density at radius 1 is 1.17 bits per heavy atom. The van der Waals surface area contributed by atoms with Crippen molar-refractivity contribution in [2.24, 2.45) is 5.92 Å². The van der Waals surface area contributed by atoms with Gasteiger partial charge in [0.15, 0.2) is 0 Å². The lowest BCUT2D eigenvalue weighted by molar-refractivity contribution is -0.137. The number of aromatic nitrogens is 2. The van der Waals surface area contributed by atoms with Crippen molar-refractivity contribution in [3.63, 3.8) is 0 Å². The van der Waals surface area contributed by atoms with Crippen LogP contribution in [0.2, 0.25) is 0 Å². The van der Waals surface area contributed by atoms with Gasteiger partial charge >= 0.3 is 6.18 Å². The first kappa shape index (κ1) is 21.5. The van der Waals surface area contributed by atoms with Crippen LogP contribution in [0.3, 0.4) is 0 Å². The third-order valence-electron chi connectivity index (χ3n) is 4.76. The van der Waals surface area contributed by atoms with Gasteiger partial charge in [-0.1, -0.05) is 43.6 Å². The monoisotopic (exact) mass is 421 g/mol. The highest BCUT2D eigenvalue weighted by atomic mass is 19.4. The van der Waals surface area contributed by atoms with E-state index < -0.39 is 29.5 Å². The predicted molar refractivity (Wildman–Crippen MR) is 101 cm³/mol. The molecule has 158 valence electrons. The van der Waals surface area contributed by atoms with Gasteiger partial charge in [-0.2, -0.15) is 18.2 Å². The van der Waals surface area contributed by atoms with Crippen molar-refractivity contribution in [3.05, 3.63) is 71.4 Å². The summed E-state index contributed by atoms with van der Waals surface area (Å²) in [6, 6.07) is 8.98. The summed E-state index contributed by atoms with van der Waals surface area (Å²) in [5, 5.41) is 6.60. The number of nitrogens with zero attached hydrogens (tertiary/aromatic N) is 2. The average molecular weight is 421 g/mol. The van der Waals surface area contributed by atoms with Gasteiger partial charge in [0, 0.05) is 11.1 Å². The van der Waals surface area contributed by atoms with Gasteiger partial charge in [0.25, 0.3) is 5.91 Å². The summed E-state index contributed by atoms with van der Waals surface area (Å²) < 4.78 is 56.9. The fraction of sp³-hybridized carbons (Fsp3) is 0.286. The maximum absolute atomic E-state index is 13.4. The molecule has 2 atom stereocenters. The number of hydrogen-bond donors (Lipinski definition) is 1. The van der Waals surface area contributed by atoms with Crippen LogP contribution < -0.4 is 5.32 Å². The average Bonchev–Trinajstić information content (AvgIpc) is 3.20. The maximum Gasteiger partial charge on any atom is 0.416 e. The van der Waals surface area contributed by atoms with Gasteiger partial charge in [-0.05, 0) is 36.2 Å². The molecule has 5 nitrogen and oxygen atoms in total. The molecule has 0 saturated carbocycles. The number of alkyl halides is 3. The van der Waals surface area contributed by atoms with E-state index in [2.05, 4.69) is 15.5 Å². The van der Waals surface area contributed by atoms with E-state index in [1.807, 2.05) is 13.8 Å². The number of hydrogen-bond acceptors (Lipinski definition) is 4. The van der Waals surface area contributed by atoms with E-state index in [4.69, 9.17) is 4.52 Å². The summed E-state index contributed by atoms with van der Waals surface area (Å²) >= 11 is 0. The van der Waals surface area contributed by atoms with Gasteiger partial charge in [0.1, 0.15) is 11.9 Å². The van der Waals surface area contributed by atoms with Crippen LogP contribution in [0.4, 0.5) is 17.6 Å². The molecule has 9 heteroatoms. The van der Waals surface area contributed by atoms with Gasteiger partial charge in [-0.25, -0.2) is 4.39 Å². The summed E-state index contributed by atoms with van der Waals surface area (Å²) in [5.74, 6) is -0.918. The number of benzene rings is 2. The molecule has 3 rings (SSSR count). The van der Waals surface area contributed by atoms with Gasteiger partial charge in [-0.15, -0.1) is 0 Å². The largest absolute Gasteiger partial charge is 0.416 e. The molecule has 0 fully saturated rings. The lowest BCUT2D eigenvalue weighted by atomic mass is 9.98. The number of halogens is 4. The Labute approximate surface area is 170 Å². The highest BCUT2D eigenvalue weighted by Gasteiger charge is 2.31. The highest BCUT2D eigenvalue weighted by Crippen LogP contribution is 2.31. The van der Waals surface area contributed by atoms with Crippen LogP contribution in [0.1, 0.15) is 48.1 Å². The lowest BCUT2D eigenvalue weighted by Crippen LogP contribution is -2.32. The quantitative estimate of drug-likeness (QED) is 0.541. The molecule has 1 amide bonds. The minimum absolute atomic E-state index is 0.0941. The number of rotatable bonds is 6. The first-order chi connectivity index (χ1) is 14.2. The lowest BCUT2D eigenvalue weighted by Gasteiger charge is -2.20. The van der Waals surface area contributed by atoms with Gasteiger partial charge < -0.3 is 9.84 Å². The minimum Gasteiger partial charge on any atom is -0.340 e. The third-order valence-corrected chi connectivity index (χ3v) is 4.76. The zero-order valence-corrected chi connectivity index (χ0v) is 16.2. The van der Waals surface area contributed by atoms with Gasteiger partial charge in [0.2, 0.25) is 11.7 Å². The van der Waals surface area contributed by atoms with Crippen LogP contribution in [0.25, 0.3) is 11.4 Å². The molecule has 0 aliphatic heterocycles. The molecule has 2 aromatic carbocycles.